The highest BCUT2D eigenvalue weighted by Gasteiger charge is 2.35. The van der Waals surface area contributed by atoms with Crippen LogP contribution in [0, 0.1) is 0 Å². The van der Waals surface area contributed by atoms with Gasteiger partial charge in [0.2, 0.25) is 27.7 Å². The summed E-state index contributed by atoms with van der Waals surface area (Å²) in [6.07, 6.45) is 3.30. The Bertz CT molecular complexity index is 1460. The Kier molecular flexibility index (Phi) is 8.34. The molecule has 2 unspecified atom stereocenters. The van der Waals surface area contributed by atoms with Crippen LogP contribution in [0.25, 0.3) is 5.69 Å². The first-order valence-electron chi connectivity index (χ1n) is 11.2. The number of anilines is 1. The molecule has 15 heteroatoms. The number of hydrogen-bond donors (Lipinski definition) is 1. The van der Waals surface area contributed by atoms with Crippen LogP contribution in [0.2, 0.25) is 5.02 Å². The maximum Gasteiger partial charge on any atom is 0.245 e. The molecule has 0 spiro atoms. The van der Waals surface area contributed by atoms with Crippen LogP contribution < -0.4 is 14.2 Å². The average Bonchev–Trinajstić information content (AvgIpc) is 3.30. The topological polar surface area (TPSA) is 156 Å². The van der Waals surface area contributed by atoms with Crippen LogP contribution in [0.3, 0.4) is 0 Å². The zero-order chi connectivity index (χ0) is 27.3. The Morgan fingerprint density at radius 2 is 1.61 bits per heavy atom. The molecule has 0 fully saturated rings. The van der Waals surface area contributed by atoms with Gasteiger partial charge in [0.1, 0.15) is 23.5 Å². The number of ether oxygens (including phenoxy) is 3. The van der Waals surface area contributed by atoms with Crippen LogP contribution in [0.15, 0.2) is 49.1 Å². The molecule has 0 aliphatic rings. The first-order chi connectivity index (χ1) is 18.3. The summed E-state index contributed by atoms with van der Waals surface area (Å²) in [6, 6.07) is 9.49. The smallest absolute Gasteiger partial charge is 0.245 e. The van der Waals surface area contributed by atoms with Crippen molar-refractivity contribution in [3.05, 3.63) is 71.3 Å². The molecule has 0 radical (unpaired) electrons. The van der Waals surface area contributed by atoms with Crippen molar-refractivity contribution in [3.63, 3.8) is 0 Å². The molecule has 0 saturated heterocycles. The monoisotopic (exact) mass is 560 g/mol. The van der Waals surface area contributed by atoms with E-state index in [0.29, 0.717) is 17.3 Å². The molecule has 38 heavy (non-hydrogen) atoms. The number of benzene rings is 1. The fraction of sp³-hybridized carbons (Fsp3) is 0.304. The molecular formula is C23H25ClN8O5S. The van der Waals surface area contributed by atoms with E-state index in [4.69, 9.17) is 25.8 Å². The molecule has 4 aromatic rings. The number of methoxy groups -OCH3 is 3. The maximum absolute atomic E-state index is 13.6. The fourth-order valence-corrected chi connectivity index (χ4v) is 4.94. The number of nitrogens with zero attached hydrogens (tertiary/aromatic N) is 7. The summed E-state index contributed by atoms with van der Waals surface area (Å²) in [5, 5.41) is 7.57. The van der Waals surface area contributed by atoms with Crippen molar-refractivity contribution in [2.24, 2.45) is 0 Å². The van der Waals surface area contributed by atoms with Crippen molar-refractivity contribution >= 4 is 27.6 Å². The lowest BCUT2D eigenvalue weighted by Gasteiger charge is -2.22. The number of sulfonamides is 1. The number of nitrogens with one attached hydrogen (secondary N) is 1. The van der Waals surface area contributed by atoms with Crippen LogP contribution in [0.1, 0.15) is 30.2 Å². The Labute approximate surface area is 224 Å². The minimum atomic E-state index is -4.15. The second kappa shape index (κ2) is 11.7. The van der Waals surface area contributed by atoms with E-state index in [1.54, 1.807) is 0 Å². The summed E-state index contributed by atoms with van der Waals surface area (Å²) >= 11 is 5.88. The third-order valence-corrected chi connectivity index (χ3v) is 7.49. The zero-order valence-corrected chi connectivity index (χ0v) is 22.5. The normalized spacial score (nSPS) is 13.1. The summed E-state index contributed by atoms with van der Waals surface area (Å²) < 4.78 is 47.4. The summed E-state index contributed by atoms with van der Waals surface area (Å²) in [4.78, 5) is 16.5. The Hall–Kier alpha value is -3.88. The van der Waals surface area contributed by atoms with E-state index in [-0.39, 0.29) is 29.2 Å². The lowest BCUT2D eigenvalue weighted by atomic mass is 10.1. The third kappa shape index (κ3) is 5.66. The second-order valence-corrected chi connectivity index (χ2v) is 10.4. The summed E-state index contributed by atoms with van der Waals surface area (Å²) in [5.74, 6) is 0.673. The number of hydrogen-bond acceptors (Lipinski definition) is 11. The molecule has 1 aromatic carbocycles. The molecule has 0 aliphatic carbocycles. The standard InChI is InChI=1S/C23H25ClN8O5S/c1-14(19(35-2)20-25-11-16(24)12-26-20)38(33,34)31-23-30-29-17(10-15-8-6-5-7-9-15)32(23)18-21(36-3)27-13-28-22(18)37-4/h5-9,11-14,19H,10H2,1-4H3,(H,30,31). The molecule has 3 aromatic heterocycles. The predicted octanol–water partition coefficient (Wildman–Crippen LogP) is 2.63. The third-order valence-electron chi connectivity index (χ3n) is 5.60. The molecule has 13 nitrogen and oxygen atoms in total. The lowest BCUT2D eigenvalue weighted by molar-refractivity contribution is 0.0950. The predicted molar refractivity (Wildman–Crippen MR) is 138 cm³/mol. The highest BCUT2D eigenvalue weighted by Crippen LogP contribution is 2.33. The Balaban J connectivity index is 1.79. The Morgan fingerprint density at radius 3 is 2.18 bits per heavy atom. The lowest BCUT2D eigenvalue weighted by Crippen LogP contribution is -2.33. The van der Waals surface area contributed by atoms with Gasteiger partial charge in [-0.15, -0.1) is 10.2 Å². The Morgan fingerprint density at radius 1 is 0.974 bits per heavy atom. The van der Waals surface area contributed by atoms with Gasteiger partial charge < -0.3 is 14.2 Å². The van der Waals surface area contributed by atoms with Crippen molar-refractivity contribution in [1.29, 1.82) is 0 Å². The van der Waals surface area contributed by atoms with Gasteiger partial charge in [-0.25, -0.2) is 18.4 Å². The highest BCUT2D eigenvalue weighted by atomic mass is 35.5. The highest BCUT2D eigenvalue weighted by molar-refractivity contribution is 7.93. The molecular weight excluding hydrogens is 536 g/mol. The van der Waals surface area contributed by atoms with Crippen molar-refractivity contribution < 1.29 is 22.6 Å². The van der Waals surface area contributed by atoms with Gasteiger partial charge in [0.15, 0.2) is 11.5 Å². The molecule has 0 saturated carbocycles. The van der Waals surface area contributed by atoms with Crippen LogP contribution >= 0.6 is 11.6 Å². The molecule has 0 aliphatic heterocycles. The van der Waals surface area contributed by atoms with Gasteiger partial charge in [0.05, 0.1) is 19.2 Å². The SMILES string of the molecule is COc1ncnc(OC)c1-n1c(Cc2ccccc2)nnc1NS(=O)(=O)C(C)C(OC)c1ncc(Cl)cn1. The van der Waals surface area contributed by atoms with E-state index in [1.807, 2.05) is 30.3 Å². The molecule has 0 amide bonds. The maximum atomic E-state index is 13.6. The van der Waals surface area contributed by atoms with Gasteiger partial charge >= 0.3 is 0 Å². The van der Waals surface area contributed by atoms with Crippen molar-refractivity contribution in [2.45, 2.75) is 24.7 Å². The van der Waals surface area contributed by atoms with Gasteiger partial charge in [-0.1, -0.05) is 41.9 Å². The van der Waals surface area contributed by atoms with E-state index in [9.17, 15) is 8.42 Å². The number of aromatic nitrogens is 7. The van der Waals surface area contributed by atoms with E-state index in [2.05, 4.69) is 34.9 Å². The van der Waals surface area contributed by atoms with E-state index in [1.165, 1.54) is 51.5 Å². The first kappa shape index (κ1) is 27.2. The number of halogens is 1. The van der Waals surface area contributed by atoms with Gasteiger partial charge in [0.25, 0.3) is 0 Å². The van der Waals surface area contributed by atoms with E-state index < -0.39 is 21.4 Å². The molecule has 2 atom stereocenters. The van der Waals surface area contributed by atoms with Crippen LogP contribution in [-0.2, 0) is 21.2 Å². The fourth-order valence-electron chi connectivity index (χ4n) is 3.71. The van der Waals surface area contributed by atoms with Gasteiger partial charge in [-0.05, 0) is 12.5 Å². The molecule has 4 rings (SSSR count). The van der Waals surface area contributed by atoms with Crippen molar-refractivity contribution in [2.75, 3.05) is 26.1 Å². The van der Waals surface area contributed by atoms with Gasteiger partial charge in [-0.2, -0.15) is 9.97 Å². The zero-order valence-electron chi connectivity index (χ0n) is 20.9. The molecule has 200 valence electrons. The molecule has 0 bridgehead atoms. The summed E-state index contributed by atoms with van der Waals surface area (Å²) in [6.45, 7) is 1.47. The average molecular weight is 561 g/mol. The van der Waals surface area contributed by atoms with Gasteiger partial charge in [0, 0.05) is 25.9 Å². The quantitative estimate of drug-likeness (QED) is 0.287. The largest absolute Gasteiger partial charge is 0.479 e. The van der Waals surface area contributed by atoms with E-state index in [0.717, 1.165) is 5.56 Å². The van der Waals surface area contributed by atoms with Crippen molar-refractivity contribution in [3.8, 4) is 17.4 Å². The van der Waals surface area contributed by atoms with Gasteiger partial charge in [-0.3, -0.25) is 9.29 Å². The summed E-state index contributed by atoms with van der Waals surface area (Å²) in [7, 11) is 0.0700. The minimum absolute atomic E-state index is 0.124. The minimum Gasteiger partial charge on any atom is -0.479 e. The number of rotatable bonds is 11. The van der Waals surface area contributed by atoms with Crippen LogP contribution in [0.4, 0.5) is 5.95 Å². The molecule has 1 N–H and O–H groups in total. The second-order valence-electron chi connectivity index (χ2n) is 7.95. The molecule has 3 heterocycles. The van der Waals surface area contributed by atoms with Crippen molar-refractivity contribution in [1.82, 2.24) is 34.7 Å². The summed E-state index contributed by atoms with van der Waals surface area (Å²) in [5.41, 5.74) is 1.14. The van der Waals surface area contributed by atoms with Crippen LogP contribution in [-0.4, -0.2) is 69.7 Å². The first-order valence-corrected chi connectivity index (χ1v) is 13.1. The van der Waals surface area contributed by atoms with E-state index >= 15 is 0 Å². The van der Waals surface area contributed by atoms with Crippen LogP contribution in [0.5, 0.6) is 11.8 Å².